The summed E-state index contributed by atoms with van der Waals surface area (Å²) in [5.74, 6) is 1.20. The lowest BCUT2D eigenvalue weighted by atomic mass is 10.1. The van der Waals surface area contributed by atoms with E-state index >= 15 is 0 Å². The Kier molecular flexibility index (Phi) is 6.36. The van der Waals surface area contributed by atoms with Crippen molar-refractivity contribution in [2.75, 3.05) is 16.8 Å². The molecule has 3 nitrogen and oxygen atoms in total. The Morgan fingerprint density at radius 2 is 1.62 bits per heavy atom. The van der Waals surface area contributed by atoms with Crippen molar-refractivity contribution < 1.29 is 9.59 Å². The van der Waals surface area contributed by atoms with Crippen LogP contribution in [0.1, 0.15) is 11.1 Å². The van der Waals surface area contributed by atoms with Crippen LogP contribution in [0.5, 0.6) is 0 Å². The predicted molar refractivity (Wildman–Crippen MR) is 112 cm³/mol. The van der Waals surface area contributed by atoms with Gasteiger partial charge in [-0.15, -0.1) is 23.5 Å². The third-order valence-corrected chi connectivity index (χ3v) is 6.48. The van der Waals surface area contributed by atoms with Crippen molar-refractivity contribution in [3.8, 4) is 0 Å². The zero-order valence-corrected chi connectivity index (χ0v) is 16.0. The number of aryl methyl sites for hydroxylation is 1. The van der Waals surface area contributed by atoms with Gasteiger partial charge in [0.1, 0.15) is 5.57 Å². The smallest absolute Gasteiger partial charge is 0.261 e. The zero-order chi connectivity index (χ0) is 18.4. The second-order valence-electron chi connectivity index (χ2n) is 5.79. The van der Waals surface area contributed by atoms with Crippen molar-refractivity contribution in [3.63, 3.8) is 0 Å². The number of hydrogen-bond donors (Lipinski definition) is 1. The number of thioether (sulfide) groups is 2. The summed E-state index contributed by atoms with van der Waals surface area (Å²) in [6, 6.07) is 17.1. The third kappa shape index (κ3) is 4.90. The molecule has 1 fully saturated rings. The molecule has 5 heteroatoms. The van der Waals surface area contributed by atoms with Gasteiger partial charge in [-0.3, -0.25) is 9.59 Å². The minimum atomic E-state index is -0.355. The van der Waals surface area contributed by atoms with E-state index in [9.17, 15) is 9.59 Å². The van der Waals surface area contributed by atoms with E-state index in [1.165, 1.54) is 6.08 Å². The number of benzene rings is 2. The van der Waals surface area contributed by atoms with E-state index in [1.54, 1.807) is 29.6 Å². The molecule has 26 heavy (non-hydrogen) atoms. The first-order chi connectivity index (χ1) is 12.6. The van der Waals surface area contributed by atoms with E-state index < -0.39 is 0 Å². The number of rotatable bonds is 5. The summed E-state index contributed by atoms with van der Waals surface area (Å²) in [6.45, 7) is 2.02. The Bertz CT molecular complexity index is 847. The summed E-state index contributed by atoms with van der Waals surface area (Å²) in [6.07, 6.45) is 3.24. The fourth-order valence-corrected chi connectivity index (χ4v) is 4.95. The van der Waals surface area contributed by atoms with Crippen LogP contribution in [0.4, 0.5) is 5.69 Å². The van der Waals surface area contributed by atoms with Gasteiger partial charge in [-0.25, -0.2) is 0 Å². The molecule has 1 heterocycles. The van der Waals surface area contributed by atoms with Crippen LogP contribution < -0.4 is 5.32 Å². The van der Waals surface area contributed by atoms with Crippen molar-refractivity contribution in [1.29, 1.82) is 0 Å². The quantitative estimate of drug-likeness (QED) is 0.454. The lowest BCUT2D eigenvalue weighted by Gasteiger charge is -2.09. The highest BCUT2D eigenvalue weighted by Gasteiger charge is 2.24. The molecule has 1 aliphatic heterocycles. The molecule has 1 amide bonds. The topological polar surface area (TPSA) is 46.2 Å². The summed E-state index contributed by atoms with van der Waals surface area (Å²) >= 11 is 3.14. The number of anilines is 1. The molecule has 132 valence electrons. The number of amides is 1. The molecule has 1 N–H and O–H groups in total. The fourth-order valence-electron chi connectivity index (χ4n) is 2.41. The summed E-state index contributed by atoms with van der Waals surface area (Å²) < 4.78 is 0.803. The molecular formula is C21H19NO2S2. The first-order valence-electron chi connectivity index (χ1n) is 8.29. The molecule has 2 aromatic carbocycles. The molecule has 0 saturated carbocycles. The first-order valence-corrected chi connectivity index (χ1v) is 10.3. The van der Waals surface area contributed by atoms with Gasteiger partial charge in [-0.2, -0.15) is 0 Å². The zero-order valence-electron chi connectivity index (χ0n) is 14.4. The molecule has 0 radical (unpaired) electrons. The largest absolute Gasteiger partial charge is 0.322 e. The van der Waals surface area contributed by atoms with Gasteiger partial charge in [0.2, 0.25) is 0 Å². The van der Waals surface area contributed by atoms with Crippen molar-refractivity contribution in [2.45, 2.75) is 6.92 Å². The number of hydrogen-bond acceptors (Lipinski definition) is 4. The van der Waals surface area contributed by atoms with Crippen LogP contribution in [0, 0.1) is 6.92 Å². The van der Waals surface area contributed by atoms with Crippen LogP contribution >= 0.6 is 23.5 Å². The standard InChI is InChI=1S/C21H19NO2S2/c1-15-7-9-16(10-8-15)11-12-18(23)19(21-25-13-14-26-21)20(24)22-17-5-3-2-4-6-17/h2-12H,13-14H2,1H3,(H,22,24)/b12-11+. The van der Waals surface area contributed by atoms with Crippen molar-refractivity contribution >= 4 is 47.0 Å². The molecule has 0 bridgehead atoms. The van der Waals surface area contributed by atoms with Crippen LogP contribution in [-0.4, -0.2) is 23.2 Å². The van der Waals surface area contributed by atoms with E-state index in [-0.39, 0.29) is 17.3 Å². The molecular weight excluding hydrogens is 362 g/mol. The van der Waals surface area contributed by atoms with Crippen molar-refractivity contribution in [2.24, 2.45) is 0 Å². The average molecular weight is 382 g/mol. The number of carbonyl (C=O) groups is 2. The maximum atomic E-state index is 12.8. The fraction of sp³-hybridized carbons (Fsp3) is 0.143. The summed E-state index contributed by atoms with van der Waals surface area (Å²) in [7, 11) is 0. The Morgan fingerprint density at radius 1 is 0.962 bits per heavy atom. The second kappa shape index (κ2) is 8.92. The maximum absolute atomic E-state index is 12.8. The van der Waals surface area contributed by atoms with Crippen LogP contribution in [0.25, 0.3) is 6.08 Å². The Hall–Kier alpha value is -2.24. The molecule has 1 aliphatic rings. The number of carbonyl (C=O) groups excluding carboxylic acids is 2. The van der Waals surface area contributed by atoms with Gasteiger partial charge in [0, 0.05) is 17.2 Å². The van der Waals surface area contributed by atoms with Gasteiger partial charge in [0.15, 0.2) is 5.78 Å². The van der Waals surface area contributed by atoms with Gasteiger partial charge < -0.3 is 5.32 Å². The highest BCUT2D eigenvalue weighted by molar-refractivity contribution is 8.25. The highest BCUT2D eigenvalue weighted by atomic mass is 32.2. The monoisotopic (exact) mass is 381 g/mol. The number of para-hydroxylation sites is 1. The number of ketones is 1. The Balaban J connectivity index is 1.82. The number of allylic oxidation sites excluding steroid dienone is 1. The lowest BCUT2D eigenvalue weighted by molar-refractivity contribution is -0.117. The highest BCUT2D eigenvalue weighted by Crippen LogP contribution is 2.39. The SMILES string of the molecule is Cc1ccc(/C=C/C(=O)C(C(=O)Nc2ccccc2)=C2SCCS2)cc1. The first kappa shape index (κ1) is 18.5. The van der Waals surface area contributed by atoms with Crippen LogP contribution in [0.15, 0.2) is 70.5 Å². The van der Waals surface area contributed by atoms with E-state index in [2.05, 4.69) is 5.32 Å². The molecule has 0 atom stereocenters. The number of nitrogens with one attached hydrogen (secondary N) is 1. The molecule has 1 saturated heterocycles. The lowest BCUT2D eigenvalue weighted by Crippen LogP contribution is -2.20. The molecule has 3 rings (SSSR count). The summed E-state index contributed by atoms with van der Waals surface area (Å²) in [5.41, 5.74) is 3.00. The van der Waals surface area contributed by atoms with Gasteiger partial charge in [-0.05, 0) is 30.7 Å². The molecule has 0 unspecified atom stereocenters. The minimum Gasteiger partial charge on any atom is -0.322 e. The Labute approximate surface area is 162 Å². The minimum absolute atomic E-state index is 0.227. The van der Waals surface area contributed by atoms with Crippen LogP contribution in [-0.2, 0) is 9.59 Å². The van der Waals surface area contributed by atoms with Gasteiger partial charge >= 0.3 is 0 Å². The normalized spacial score (nSPS) is 13.8. The van der Waals surface area contributed by atoms with Crippen molar-refractivity contribution in [3.05, 3.63) is 81.6 Å². The van der Waals surface area contributed by atoms with E-state index in [0.29, 0.717) is 5.69 Å². The summed E-state index contributed by atoms with van der Waals surface area (Å²) in [4.78, 5) is 25.5. The molecule has 2 aromatic rings. The van der Waals surface area contributed by atoms with Gasteiger partial charge in [0.05, 0.1) is 4.24 Å². The second-order valence-corrected chi connectivity index (χ2v) is 8.26. The van der Waals surface area contributed by atoms with Crippen LogP contribution in [0.2, 0.25) is 0 Å². The van der Waals surface area contributed by atoms with Gasteiger partial charge in [-0.1, -0.05) is 54.1 Å². The Morgan fingerprint density at radius 3 is 2.27 bits per heavy atom. The molecule has 0 aromatic heterocycles. The van der Waals surface area contributed by atoms with Gasteiger partial charge in [0.25, 0.3) is 5.91 Å². The van der Waals surface area contributed by atoms with E-state index in [4.69, 9.17) is 0 Å². The van der Waals surface area contributed by atoms with E-state index in [1.807, 2.05) is 61.5 Å². The third-order valence-electron chi connectivity index (χ3n) is 3.76. The van der Waals surface area contributed by atoms with Crippen molar-refractivity contribution in [1.82, 2.24) is 0 Å². The summed E-state index contributed by atoms with van der Waals surface area (Å²) in [5, 5.41) is 2.83. The molecule has 0 aliphatic carbocycles. The average Bonchev–Trinajstić information content (AvgIpc) is 3.16. The molecule has 0 spiro atoms. The van der Waals surface area contributed by atoms with E-state index in [0.717, 1.165) is 26.9 Å². The maximum Gasteiger partial charge on any atom is 0.261 e. The predicted octanol–water partition coefficient (Wildman–Crippen LogP) is 4.91. The van der Waals surface area contributed by atoms with Crippen LogP contribution in [0.3, 0.4) is 0 Å².